The van der Waals surface area contributed by atoms with E-state index in [4.69, 9.17) is 10.5 Å². The fraction of sp³-hybridized carbons (Fsp3) is 0.188. The second-order valence-electron chi connectivity index (χ2n) is 5.47. The number of amides is 1. The summed E-state index contributed by atoms with van der Waals surface area (Å²) < 4.78 is 38.9. The van der Waals surface area contributed by atoms with Crippen molar-refractivity contribution < 1.29 is 33.2 Å². The number of rotatable bonds is 4. The monoisotopic (exact) mass is 371 g/mol. The quantitative estimate of drug-likeness (QED) is 0.483. The second kappa shape index (κ2) is 8.17. The first-order chi connectivity index (χ1) is 11.6. The molecule has 0 aromatic heterocycles. The molecule has 2 aromatic rings. The number of benzene rings is 2. The summed E-state index contributed by atoms with van der Waals surface area (Å²) in [5.74, 6) is -1.70. The first kappa shape index (κ1) is 20.7. The molecule has 0 aliphatic heterocycles. The molecule has 0 heterocycles. The molecule has 2 rings (SSSR count). The molecule has 4 N–H and O–H groups in total. The van der Waals surface area contributed by atoms with Crippen molar-refractivity contribution in [1.29, 1.82) is 0 Å². The number of hydrogen-bond acceptors (Lipinski definition) is 6. The number of halogens is 1. The Morgan fingerprint density at radius 3 is 2.08 bits per heavy atom. The Bertz CT molecular complexity index is 831. The van der Waals surface area contributed by atoms with E-state index in [1.165, 1.54) is 32.0 Å². The SMILES string of the molecule is CC(C)(O)C(=O)Nc1ccc(S(=O)(=O)c2ccccc2)cc1F.OO. The number of nitrogens with one attached hydrogen (secondary N) is 1. The molecule has 0 saturated carbocycles. The number of sulfone groups is 1. The van der Waals surface area contributed by atoms with Crippen LogP contribution in [0, 0.1) is 5.82 Å². The Kier molecular flexibility index (Phi) is 6.77. The summed E-state index contributed by atoms with van der Waals surface area (Å²) in [6.45, 7) is 2.52. The molecule has 0 unspecified atom stereocenters. The molecule has 1 amide bonds. The van der Waals surface area contributed by atoms with Crippen molar-refractivity contribution in [1.82, 2.24) is 0 Å². The van der Waals surface area contributed by atoms with Gasteiger partial charge in [-0.15, -0.1) is 0 Å². The van der Waals surface area contributed by atoms with Gasteiger partial charge in [-0.25, -0.2) is 12.8 Å². The summed E-state index contributed by atoms with van der Waals surface area (Å²) in [6, 6.07) is 10.8. The van der Waals surface area contributed by atoms with Gasteiger partial charge in [0.2, 0.25) is 9.84 Å². The van der Waals surface area contributed by atoms with Crippen LogP contribution in [0.1, 0.15) is 13.8 Å². The van der Waals surface area contributed by atoms with Crippen LogP contribution in [0.4, 0.5) is 10.1 Å². The summed E-state index contributed by atoms with van der Waals surface area (Å²) in [5, 5.41) is 23.8. The molecule has 0 bridgehead atoms. The average Bonchev–Trinajstić information content (AvgIpc) is 2.58. The zero-order chi connectivity index (χ0) is 19.3. The van der Waals surface area contributed by atoms with Crippen LogP contribution in [0.3, 0.4) is 0 Å². The average molecular weight is 371 g/mol. The zero-order valence-corrected chi connectivity index (χ0v) is 14.3. The van der Waals surface area contributed by atoms with Gasteiger partial charge in [-0.3, -0.25) is 15.3 Å². The van der Waals surface area contributed by atoms with Gasteiger partial charge in [-0.1, -0.05) is 18.2 Å². The fourth-order valence-electron chi connectivity index (χ4n) is 1.78. The maximum Gasteiger partial charge on any atom is 0.255 e. The van der Waals surface area contributed by atoms with Crippen LogP contribution >= 0.6 is 0 Å². The van der Waals surface area contributed by atoms with Crippen LogP contribution in [-0.4, -0.2) is 35.5 Å². The lowest BCUT2D eigenvalue weighted by molar-refractivity contribution is -0.176. The molecule has 0 aliphatic rings. The van der Waals surface area contributed by atoms with E-state index < -0.39 is 27.2 Å². The van der Waals surface area contributed by atoms with Gasteiger partial charge in [0.05, 0.1) is 15.5 Å². The van der Waals surface area contributed by atoms with Crippen molar-refractivity contribution in [3.8, 4) is 0 Å². The van der Waals surface area contributed by atoms with Crippen LogP contribution in [0.5, 0.6) is 0 Å². The third kappa shape index (κ3) is 5.07. The minimum Gasteiger partial charge on any atom is -0.381 e. The van der Waals surface area contributed by atoms with Crippen LogP contribution in [0.15, 0.2) is 58.3 Å². The maximum absolute atomic E-state index is 14.1. The number of carbonyl (C=O) groups is 1. The van der Waals surface area contributed by atoms with Crippen LogP contribution in [-0.2, 0) is 14.6 Å². The van der Waals surface area contributed by atoms with Gasteiger partial charge >= 0.3 is 0 Å². The van der Waals surface area contributed by atoms with Crippen molar-refractivity contribution in [2.24, 2.45) is 0 Å². The minimum absolute atomic E-state index is 0.0488. The third-order valence-corrected chi connectivity index (χ3v) is 4.88. The summed E-state index contributed by atoms with van der Waals surface area (Å²) in [7, 11) is -3.84. The van der Waals surface area contributed by atoms with E-state index in [-0.39, 0.29) is 15.5 Å². The lowest BCUT2D eigenvalue weighted by Gasteiger charge is -2.17. The Balaban J connectivity index is 0.00000151. The van der Waals surface area contributed by atoms with Gasteiger partial charge in [-0.2, -0.15) is 0 Å². The van der Waals surface area contributed by atoms with Gasteiger partial charge in [-0.05, 0) is 44.2 Å². The van der Waals surface area contributed by atoms with Crippen LogP contribution in [0.25, 0.3) is 0 Å². The number of anilines is 1. The van der Waals surface area contributed by atoms with E-state index in [0.717, 1.165) is 12.1 Å². The molecule has 0 atom stereocenters. The van der Waals surface area contributed by atoms with Gasteiger partial charge in [0, 0.05) is 0 Å². The number of hydrogen-bond donors (Lipinski definition) is 4. The van der Waals surface area contributed by atoms with E-state index in [9.17, 15) is 22.7 Å². The van der Waals surface area contributed by atoms with Crippen LogP contribution in [0.2, 0.25) is 0 Å². The highest BCUT2D eigenvalue weighted by molar-refractivity contribution is 7.91. The highest BCUT2D eigenvalue weighted by Gasteiger charge is 2.25. The van der Waals surface area contributed by atoms with Crippen molar-refractivity contribution in [3.63, 3.8) is 0 Å². The van der Waals surface area contributed by atoms with Gasteiger partial charge in [0.15, 0.2) is 0 Å². The first-order valence-corrected chi connectivity index (χ1v) is 8.44. The summed E-state index contributed by atoms with van der Waals surface area (Å²) in [5.41, 5.74) is -1.88. The molecule has 9 heteroatoms. The Labute approximate surface area is 144 Å². The van der Waals surface area contributed by atoms with Crippen molar-refractivity contribution >= 4 is 21.4 Å². The maximum atomic E-state index is 14.1. The van der Waals surface area contributed by atoms with E-state index in [1.54, 1.807) is 18.2 Å². The van der Waals surface area contributed by atoms with Crippen molar-refractivity contribution in [3.05, 3.63) is 54.3 Å². The molecule has 0 saturated heterocycles. The summed E-state index contributed by atoms with van der Waals surface area (Å²) >= 11 is 0. The second-order valence-corrected chi connectivity index (χ2v) is 7.42. The van der Waals surface area contributed by atoms with Crippen molar-refractivity contribution in [2.45, 2.75) is 29.2 Å². The zero-order valence-electron chi connectivity index (χ0n) is 13.5. The largest absolute Gasteiger partial charge is 0.381 e. The molecule has 25 heavy (non-hydrogen) atoms. The number of carbonyl (C=O) groups excluding carboxylic acids is 1. The molecule has 0 aliphatic carbocycles. The molecule has 0 fully saturated rings. The van der Waals surface area contributed by atoms with E-state index in [1.807, 2.05) is 0 Å². The lowest BCUT2D eigenvalue weighted by atomic mass is 10.1. The van der Waals surface area contributed by atoms with E-state index in [2.05, 4.69) is 5.32 Å². The minimum atomic E-state index is -3.84. The molecular weight excluding hydrogens is 353 g/mol. The van der Waals surface area contributed by atoms with Crippen molar-refractivity contribution in [2.75, 3.05) is 5.32 Å². The third-order valence-electron chi connectivity index (χ3n) is 3.11. The predicted molar refractivity (Wildman–Crippen MR) is 88.5 cm³/mol. The van der Waals surface area contributed by atoms with E-state index in [0.29, 0.717) is 0 Å². The van der Waals surface area contributed by atoms with Crippen LogP contribution < -0.4 is 5.32 Å². The first-order valence-electron chi connectivity index (χ1n) is 6.96. The van der Waals surface area contributed by atoms with Gasteiger partial charge in [0.25, 0.3) is 5.91 Å². The summed E-state index contributed by atoms with van der Waals surface area (Å²) in [6.07, 6.45) is 0. The van der Waals surface area contributed by atoms with Gasteiger partial charge < -0.3 is 10.4 Å². The predicted octanol–water partition coefficient (Wildman–Crippen LogP) is 2.39. The molecule has 7 nitrogen and oxygen atoms in total. The standard InChI is InChI=1S/C16H16FNO4S.H2O2/c1-16(2,20)15(19)18-14-9-8-12(10-13(14)17)23(21,22)11-6-4-3-5-7-11;1-2/h3-10,20H,1-2H3,(H,18,19);1-2H. The van der Waals surface area contributed by atoms with Gasteiger partial charge in [0.1, 0.15) is 11.4 Å². The molecule has 0 spiro atoms. The highest BCUT2D eigenvalue weighted by atomic mass is 32.2. The molecule has 136 valence electrons. The number of aliphatic hydroxyl groups is 1. The molecule has 2 aromatic carbocycles. The van der Waals surface area contributed by atoms with E-state index >= 15 is 0 Å². The lowest BCUT2D eigenvalue weighted by Crippen LogP contribution is -2.36. The molecular formula is C16H18FNO6S. The molecule has 0 radical (unpaired) electrons. The summed E-state index contributed by atoms with van der Waals surface area (Å²) in [4.78, 5) is 11.5. The fourth-order valence-corrected chi connectivity index (χ4v) is 3.07. The highest BCUT2D eigenvalue weighted by Crippen LogP contribution is 2.25. The normalized spacial score (nSPS) is 11.3. The Morgan fingerprint density at radius 2 is 1.60 bits per heavy atom. The topological polar surface area (TPSA) is 124 Å². The Hall–Kier alpha value is -2.33. The Morgan fingerprint density at radius 1 is 1.04 bits per heavy atom. The smallest absolute Gasteiger partial charge is 0.255 e.